The first-order valence-corrected chi connectivity index (χ1v) is 17.0. The van der Waals surface area contributed by atoms with Crippen LogP contribution < -0.4 is 5.32 Å². The van der Waals surface area contributed by atoms with E-state index in [4.69, 9.17) is 11.6 Å². The fraction of sp³-hybridized carbons (Fsp3) is 0.359. The van der Waals surface area contributed by atoms with Gasteiger partial charge in [-0.15, -0.1) is 0 Å². The number of nitrogens with zero attached hydrogens (tertiary/aromatic N) is 3. The van der Waals surface area contributed by atoms with Gasteiger partial charge in [-0.3, -0.25) is 4.99 Å². The molecule has 0 spiro atoms. The number of imidazole rings is 2. The Morgan fingerprint density at radius 3 is 1.73 bits per heavy atom. The number of aromatic nitrogens is 4. The van der Waals surface area contributed by atoms with Crippen LogP contribution in [0.25, 0.3) is 0 Å². The molecule has 6 rings (SSSR count). The van der Waals surface area contributed by atoms with Gasteiger partial charge in [0, 0.05) is 50.6 Å². The minimum absolute atomic E-state index is 0.239. The van der Waals surface area contributed by atoms with Crippen molar-refractivity contribution in [3.63, 3.8) is 0 Å². The van der Waals surface area contributed by atoms with Gasteiger partial charge in [-0.2, -0.15) is 13.2 Å². The molecule has 10 heteroatoms. The lowest BCUT2D eigenvalue weighted by Crippen LogP contribution is -2.21. The Morgan fingerprint density at radius 2 is 1.27 bits per heavy atom. The van der Waals surface area contributed by atoms with E-state index >= 15 is 0 Å². The Hall–Kier alpha value is -4.37. The van der Waals surface area contributed by atoms with Crippen molar-refractivity contribution in [1.29, 1.82) is 0 Å². The van der Waals surface area contributed by atoms with Crippen molar-refractivity contribution in [2.24, 2.45) is 4.99 Å². The van der Waals surface area contributed by atoms with Crippen LogP contribution in [0.1, 0.15) is 81.1 Å². The molecule has 3 N–H and O–H groups in total. The molecule has 0 radical (unpaired) electrons. The lowest BCUT2D eigenvalue weighted by atomic mass is 9.92. The van der Waals surface area contributed by atoms with Gasteiger partial charge >= 0.3 is 6.18 Å². The number of benzene rings is 3. The van der Waals surface area contributed by atoms with E-state index in [1.807, 2.05) is 24.8 Å². The topological polar surface area (TPSA) is 81.8 Å². The summed E-state index contributed by atoms with van der Waals surface area (Å²) in [6.07, 6.45) is 7.26. The molecule has 6 nitrogen and oxygen atoms in total. The molecule has 2 aromatic heterocycles. The van der Waals surface area contributed by atoms with Gasteiger partial charge in [-0.1, -0.05) is 61.8 Å². The zero-order valence-corrected chi connectivity index (χ0v) is 29.9. The second-order valence-electron chi connectivity index (χ2n) is 12.1. The molecule has 260 valence electrons. The number of aryl methyl sites for hydroxylation is 4. The van der Waals surface area contributed by atoms with Gasteiger partial charge in [0.15, 0.2) is 0 Å². The third kappa shape index (κ3) is 10.1. The van der Waals surface area contributed by atoms with E-state index in [0.29, 0.717) is 24.4 Å². The second kappa shape index (κ2) is 17.3. The summed E-state index contributed by atoms with van der Waals surface area (Å²) in [5.41, 5.74) is 10.9. The van der Waals surface area contributed by atoms with Crippen LogP contribution in [0.5, 0.6) is 0 Å². The van der Waals surface area contributed by atoms with Gasteiger partial charge in [0.1, 0.15) is 17.5 Å². The molecule has 0 unspecified atom stereocenters. The van der Waals surface area contributed by atoms with Crippen LogP contribution in [0.4, 0.5) is 13.2 Å². The van der Waals surface area contributed by atoms with E-state index < -0.39 is 11.7 Å². The molecule has 3 aromatic carbocycles. The highest BCUT2D eigenvalue weighted by Gasteiger charge is 2.33. The molecule has 3 heterocycles. The van der Waals surface area contributed by atoms with Crippen molar-refractivity contribution in [2.45, 2.75) is 79.8 Å². The Kier molecular flexibility index (Phi) is 13.2. The predicted molar refractivity (Wildman–Crippen MR) is 194 cm³/mol. The number of alkyl halides is 3. The lowest BCUT2D eigenvalue weighted by molar-refractivity contribution is -0.137. The molecule has 0 aliphatic carbocycles. The van der Waals surface area contributed by atoms with Crippen molar-refractivity contribution < 1.29 is 13.2 Å². The van der Waals surface area contributed by atoms with Crippen LogP contribution in [0.3, 0.4) is 0 Å². The number of halogens is 4. The molecular formula is C39H46ClF3N6. The monoisotopic (exact) mass is 690 g/mol. The maximum absolute atomic E-state index is 12.6. The number of hydrogen-bond donors (Lipinski definition) is 3. The summed E-state index contributed by atoms with van der Waals surface area (Å²) in [6.45, 7) is 14.5. The summed E-state index contributed by atoms with van der Waals surface area (Å²) < 4.78 is 37.8. The smallest absolute Gasteiger partial charge is 0.372 e. The van der Waals surface area contributed by atoms with Crippen LogP contribution in [-0.2, 0) is 38.3 Å². The van der Waals surface area contributed by atoms with E-state index in [1.165, 1.54) is 50.6 Å². The highest BCUT2D eigenvalue weighted by atomic mass is 35.5. The summed E-state index contributed by atoms with van der Waals surface area (Å²) in [5.74, 6) is 2.78. The molecule has 49 heavy (non-hydrogen) atoms. The number of aliphatic imine (C=N–C) groups is 1. The van der Waals surface area contributed by atoms with Gasteiger partial charge in [0.05, 0.1) is 17.1 Å². The molecule has 5 aromatic rings. The molecule has 0 bridgehead atoms. The molecule has 0 saturated heterocycles. The maximum atomic E-state index is 12.6. The van der Waals surface area contributed by atoms with Gasteiger partial charge in [-0.25, -0.2) is 9.97 Å². The van der Waals surface area contributed by atoms with E-state index in [0.717, 1.165) is 49.9 Å². The van der Waals surface area contributed by atoms with Crippen molar-refractivity contribution >= 4 is 17.4 Å². The van der Waals surface area contributed by atoms with Crippen LogP contribution in [0.2, 0.25) is 5.02 Å². The summed E-state index contributed by atoms with van der Waals surface area (Å²) in [4.78, 5) is 19.1. The second-order valence-corrected chi connectivity index (χ2v) is 12.5. The fourth-order valence-corrected chi connectivity index (χ4v) is 6.25. The minimum Gasteiger partial charge on any atom is -0.372 e. The number of H-pyrrole nitrogens is 2. The number of aromatic amines is 2. The zero-order valence-electron chi connectivity index (χ0n) is 29.2. The molecule has 1 aliphatic heterocycles. The average Bonchev–Trinajstić information content (AvgIpc) is 3.89. The Labute approximate surface area is 292 Å². The predicted octanol–water partition coefficient (Wildman–Crippen LogP) is 9.26. The normalized spacial score (nSPS) is 12.4. The van der Waals surface area contributed by atoms with Crippen molar-refractivity contribution in [1.82, 2.24) is 25.3 Å². The van der Waals surface area contributed by atoms with E-state index in [9.17, 15) is 13.2 Å². The molecule has 0 amide bonds. The minimum atomic E-state index is -4.42. The Bertz CT molecular complexity index is 1780. The molecule has 0 saturated carbocycles. The van der Waals surface area contributed by atoms with E-state index in [2.05, 4.69) is 96.1 Å². The Balaban J connectivity index is 0.000000166. The van der Waals surface area contributed by atoms with Crippen molar-refractivity contribution in [2.75, 3.05) is 13.1 Å². The van der Waals surface area contributed by atoms with Crippen LogP contribution in [0, 0.1) is 27.7 Å². The summed E-state index contributed by atoms with van der Waals surface area (Å²) in [6, 6.07) is 12.8. The van der Waals surface area contributed by atoms with Crippen LogP contribution in [0.15, 0.2) is 72.2 Å². The number of nitrogens with one attached hydrogen (secondary N) is 3. The Morgan fingerprint density at radius 1 is 0.735 bits per heavy atom. The fourth-order valence-electron chi connectivity index (χ4n) is 5.95. The van der Waals surface area contributed by atoms with Crippen LogP contribution in [-0.4, -0.2) is 38.9 Å². The van der Waals surface area contributed by atoms with Gasteiger partial charge in [0.25, 0.3) is 0 Å². The average molecular weight is 691 g/mol. The summed E-state index contributed by atoms with van der Waals surface area (Å²) in [7, 11) is 0. The molecular weight excluding hydrogens is 645 g/mol. The van der Waals surface area contributed by atoms with E-state index in [1.54, 1.807) is 6.07 Å². The van der Waals surface area contributed by atoms with Crippen LogP contribution >= 0.6 is 11.6 Å². The zero-order chi connectivity index (χ0) is 35.6. The number of hydrogen-bond acceptors (Lipinski definition) is 4. The first-order valence-electron chi connectivity index (χ1n) is 16.7. The highest BCUT2D eigenvalue weighted by molar-refractivity contribution is 6.32. The first-order chi connectivity index (χ1) is 23.4. The quantitative estimate of drug-likeness (QED) is 0.152. The largest absolute Gasteiger partial charge is 0.417 e. The first kappa shape index (κ1) is 37.4. The summed E-state index contributed by atoms with van der Waals surface area (Å²) >= 11 is 5.77. The number of rotatable bonds is 8. The van der Waals surface area contributed by atoms with E-state index in [-0.39, 0.29) is 5.02 Å². The lowest BCUT2D eigenvalue weighted by Gasteiger charge is -2.14. The van der Waals surface area contributed by atoms with Gasteiger partial charge < -0.3 is 15.3 Å². The SMILES string of the molecule is CCc1cccc(CC)c1Cc1ncc[nH]1.Cc1cc(C)c(C)c(Cc2ncc[nH]2)c1C.FC(F)(F)c1cccc(CC2=NCCN2)c1Cl. The van der Waals surface area contributed by atoms with Crippen molar-refractivity contribution in [3.8, 4) is 0 Å². The molecule has 0 fully saturated rings. The molecule has 0 atom stereocenters. The van der Waals surface area contributed by atoms with Crippen molar-refractivity contribution in [3.05, 3.63) is 140 Å². The third-order valence-electron chi connectivity index (χ3n) is 8.94. The summed E-state index contributed by atoms with van der Waals surface area (Å²) in [5, 5.41) is 2.76. The third-order valence-corrected chi connectivity index (χ3v) is 9.38. The molecule has 1 aliphatic rings. The van der Waals surface area contributed by atoms with Gasteiger partial charge in [0.2, 0.25) is 0 Å². The highest BCUT2D eigenvalue weighted by Crippen LogP contribution is 2.36. The maximum Gasteiger partial charge on any atom is 0.417 e. The number of amidine groups is 1. The standard InChI is InChI=1S/2C14H18N2.C11H10ClF3N2/c1-9-7-10(2)12(4)13(11(9)3)8-14-15-5-6-16-14;1-3-11-6-5-7-12(4-2)13(11)10-14-15-8-9-16-14;12-10-7(6-9-16-4-5-17-9)2-1-3-8(10)11(13,14)15/h5-7H,8H2,1-4H3,(H,15,16);5-9H,3-4,10H2,1-2H3,(H,15,16);1-3H,4-6H2,(H,16,17). The van der Waals surface area contributed by atoms with Gasteiger partial charge in [-0.05, 0) is 96.7 Å².